The highest BCUT2D eigenvalue weighted by molar-refractivity contribution is 5.95. The number of carboxylic acid groups (broad SMARTS) is 2. The summed E-state index contributed by atoms with van der Waals surface area (Å²) in [6, 6.07) is 10.1. The van der Waals surface area contributed by atoms with E-state index in [-0.39, 0.29) is 18.6 Å². The molecule has 0 spiro atoms. The van der Waals surface area contributed by atoms with Gasteiger partial charge >= 0.3 is 11.9 Å². The standard InChI is InChI=1S/C24H28N4O8/c25-13-20(30)26-17(10-14-4-2-1-3-5-14)22(33)27-18(12-21(31)32)23(34)28-19(24(35)36)11-15-6-8-16(29)9-7-15/h1-9,17-19,29H,10-13,25H2,(H,26,30)(H,27,33)(H,28,34)(H,31,32)(H,35,36). The van der Waals surface area contributed by atoms with Crippen LogP contribution >= 0.6 is 0 Å². The number of amides is 3. The number of aliphatic carboxylic acids is 2. The number of nitrogens with one attached hydrogen (secondary N) is 3. The average Bonchev–Trinajstić information content (AvgIpc) is 2.84. The van der Waals surface area contributed by atoms with Gasteiger partial charge in [-0.15, -0.1) is 0 Å². The lowest BCUT2D eigenvalue weighted by Gasteiger charge is -2.24. The first-order valence-electron chi connectivity index (χ1n) is 11.0. The van der Waals surface area contributed by atoms with Crippen molar-refractivity contribution in [3.05, 3.63) is 65.7 Å². The van der Waals surface area contributed by atoms with Crippen LogP contribution in [-0.2, 0) is 36.8 Å². The molecule has 192 valence electrons. The second kappa shape index (κ2) is 13.4. The van der Waals surface area contributed by atoms with E-state index in [9.17, 15) is 39.3 Å². The Morgan fingerprint density at radius 1 is 0.722 bits per heavy atom. The molecular formula is C24H28N4O8. The van der Waals surface area contributed by atoms with Gasteiger partial charge in [-0.05, 0) is 23.3 Å². The van der Waals surface area contributed by atoms with Gasteiger partial charge in [0.2, 0.25) is 17.7 Å². The van der Waals surface area contributed by atoms with Crippen LogP contribution in [0.1, 0.15) is 17.5 Å². The summed E-state index contributed by atoms with van der Waals surface area (Å²) in [5, 5.41) is 35.1. The Balaban J connectivity index is 2.18. The molecule has 0 saturated carbocycles. The smallest absolute Gasteiger partial charge is 0.326 e. The lowest BCUT2D eigenvalue weighted by atomic mass is 10.0. The van der Waals surface area contributed by atoms with Crippen LogP contribution in [0.4, 0.5) is 0 Å². The second-order valence-electron chi connectivity index (χ2n) is 7.94. The van der Waals surface area contributed by atoms with E-state index >= 15 is 0 Å². The topological polar surface area (TPSA) is 208 Å². The van der Waals surface area contributed by atoms with Crippen molar-refractivity contribution in [3.8, 4) is 5.75 Å². The van der Waals surface area contributed by atoms with Crippen LogP contribution in [0.2, 0.25) is 0 Å². The van der Waals surface area contributed by atoms with E-state index in [1.54, 1.807) is 30.3 Å². The molecule has 0 aliphatic heterocycles. The molecule has 8 N–H and O–H groups in total. The number of carboxylic acids is 2. The molecule has 12 nitrogen and oxygen atoms in total. The van der Waals surface area contributed by atoms with E-state index < -0.39 is 60.8 Å². The second-order valence-corrected chi connectivity index (χ2v) is 7.94. The fourth-order valence-corrected chi connectivity index (χ4v) is 3.31. The largest absolute Gasteiger partial charge is 0.508 e. The number of phenols is 1. The predicted molar refractivity (Wildman–Crippen MR) is 127 cm³/mol. The fraction of sp³-hybridized carbons (Fsp3) is 0.292. The Morgan fingerprint density at radius 3 is 1.81 bits per heavy atom. The first kappa shape index (κ1) is 27.8. The number of rotatable bonds is 13. The van der Waals surface area contributed by atoms with Crippen molar-refractivity contribution in [2.24, 2.45) is 5.73 Å². The Kier molecular flexibility index (Phi) is 10.4. The van der Waals surface area contributed by atoms with E-state index in [4.69, 9.17) is 5.73 Å². The van der Waals surface area contributed by atoms with Crippen molar-refractivity contribution in [2.75, 3.05) is 6.54 Å². The molecule has 0 aliphatic rings. The molecule has 2 aromatic rings. The van der Waals surface area contributed by atoms with Gasteiger partial charge in [0.05, 0.1) is 13.0 Å². The van der Waals surface area contributed by atoms with Gasteiger partial charge in [0.25, 0.3) is 0 Å². The minimum Gasteiger partial charge on any atom is -0.508 e. The molecule has 0 bridgehead atoms. The van der Waals surface area contributed by atoms with E-state index in [1.807, 2.05) is 0 Å². The molecule has 2 aromatic carbocycles. The average molecular weight is 501 g/mol. The third-order valence-electron chi connectivity index (χ3n) is 5.12. The summed E-state index contributed by atoms with van der Waals surface area (Å²) in [4.78, 5) is 60.7. The van der Waals surface area contributed by atoms with Crippen molar-refractivity contribution >= 4 is 29.7 Å². The lowest BCUT2D eigenvalue weighted by molar-refractivity contribution is -0.143. The maximum atomic E-state index is 13.0. The highest BCUT2D eigenvalue weighted by Gasteiger charge is 2.31. The van der Waals surface area contributed by atoms with Crippen LogP contribution in [-0.4, -0.2) is 69.7 Å². The first-order chi connectivity index (χ1) is 17.1. The Labute approximate surface area is 206 Å². The molecular weight excluding hydrogens is 472 g/mol. The van der Waals surface area contributed by atoms with E-state index in [0.29, 0.717) is 11.1 Å². The minimum atomic E-state index is -1.62. The summed E-state index contributed by atoms with van der Waals surface area (Å²) in [7, 11) is 0. The maximum absolute atomic E-state index is 13.0. The zero-order valence-electron chi connectivity index (χ0n) is 19.2. The third-order valence-corrected chi connectivity index (χ3v) is 5.12. The molecule has 0 saturated heterocycles. The van der Waals surface area contributed by atoms with Gasteiger partial charge in [-0.2, -0.15) is 0 Å². The van der Waals surface area contributed by atoms with Crippen LogP contribution in [0.25, 0.3) is 0 Å². The molecule has 2 rings (SSSR count). The Bertz CT molecular complexity index is 1080. The van der Waals surface area contributed by atoms with Crippen molar-refractivity contribution in [1.82, 2.24) is 16.0 Å². The van der Waals surface area contributed by atoms with Gasteiger partial charge in [0, 0.05) is 12.8 Å². The van der Waals surface area contributed by atoms with Crippen LogP contribution in [0.15, 0.2) is 54.6 Å². The van der Waals surface area contributed by atoms with E-state index in [2.05, 4.69) is 16.0 Å². The van der Waals surface area contributed by atoms with E-state index in [1.165, 1.54) is 24.3 Å². The summed E-state index contributed by atoms with van der Waals surface area (Å²) in [6.07, 6.45) is -0.942. The molecule has 3 amide bonds. The molecule has 3 unspecified atom stereocenters. The van der Waals surface area contributed by atoms with Gasteiger partial charge in [-0.1, -0.05) is 42.5 Å². The fourth-order valence-electron chi connectivity index (χ4n) is 3.31. The Hall–Kier alpha value is -4.45. The molecule has 36 heavy (non-hydrogen) atoms. The van der Waals surface area contributed by atoms with Gasteiger partial charge in [-0.3, -0.25) is 19.2 Å². The number of carbonyl (C=O) groups excluding carboxylic acids is 3. The minimum absolute atomic E-state index is 0.0225. The van der Waals surface area contributed by atoms with Crippen molar-refractivity contribution in [1.29, 1.82) is 0 Å². The molecule has 0 heterocycles. The van der Waals surface area contributed by atoms with Crippen LogP contribution in [0.3, 0.4) is 0 Å². The van der Waals surface area contributed by atoms with Crippen molar-refractivity contribution < 1.29 is 39.3 Å². The predicted octanol–water partition coefficient (Wildman–Crippen LogP) is -0.850. The zero-order chi connectivity index (χ0) is 26.7. The van der Waals surface area contributed by atoms with Gasteiger partial charge in [0.1, 0.15) is 23.9 Å². The van der Waals surface area contributed by atoms with Gasteiger partial charge in [-0.25, -0.2) is 4.79 Å². The normalized spacial score (nSPS) is 13.0. The number of phenolic OH excluding ortho intramolecular Hbond substituents is 1. The molecule has 0 fully saturated rings. The third kappa shape index (κ3) is 9.06. The highest BCUT2D eigenvalue weighted by Crippen LogP contribution is 2.12. The quantitative estimate of drug-likeness (QED) is 0.182. The van der Waals surface area contributed by atoms with Crippen LogP contribution in [0.5, 0.6) is 5.75 Å². The molecule has 0 radical (unpaired) electrons. The Morgan fingerprint density at radius 2 is 1.25 bits per heavy atom. The summed E-state index contributed by atoms with van der Waals surface area (Å²) < 4.78 is 0. The summed E-state index contributed by atoms with van der Waals surface area (Å²) in [6.45, 7) is -0.394. The number of aromatic hydroxyl groups is 1. The number of benzene rings is 2. The molecule has 0 aliphatic carbocycles. The maximum Gasteiger partial charge on any atom is 0.326 e. The summed E-state index contributed by atoms with van der Waals surface area (Å²) in [5.41, 5.74) is 6.51. The van der Waals surface area contributed by atoms with Crippen LogP contribution in [0, 0.1) is 0 Å². The number of carbonyl (C=O) groups is 5. The number of nitrogens with two attached hydrogens (primary N) is 1. The number of hydrogen-bond donors (Lipinski definition) is 7. The highest BCUT2D eigenvalue weighted by atomic mass is 16.4. The SMILES string of the molecule is NCC(=O)NC(Cc1ccccc1)C(=O)NC(CC(=O)O)C(=O)NC(Cc1ccc(O)cc1)C(=O)O. The van der Waals surface area contributed by atoms with Gasteiger partial charge < -0.3 is 37.0 Å². The zero-order valence-corrected chi connectivity index (χ0v) is 19.2. The van der Waals surface area contributed by atoms with Crippen molar-refractivity contribution in [3.63, 3.8) is 0 Å². The molecule has 3 atom stereocenters. The van der Waals surface area contributed by atoms with Crippen LogP contribution < -0.4 is 21.7 Å². The first-order valence-corrected chi connectivity index (χ1v) is 11.0. The summed E-state index contributed by atoms with van der Waals surface area (Å²) >= 11 is 0. The monoisotopic (exact) mass is 500 g/mol. The number of hydrogen-bond acceptors (Lipinski definition) is 7. The molecule has 12 heteroatoms. The lowest BCUT2D eigenvalue weighted by Crippen LogP contribution is -2.57. The van der Waals surface area contributed by atoms with E-state index in [0.717, 1.165) is 0 Å². The van der Waals surface area contributed by atoms with Crippen molar-refractivity contribution in [2.45, 2.75) is 37.4 Å². The summed E-state index contributed by atoms with van der Waals surface area (Å²) in [5.74, 6) is -5.32. The van der Waals surface area contributed by atoms with Gasteiger partial charge in [0.15, 0.2) is 0 Å². The molecule has 0 aromatic heterocycles.